The molecule has 1 atom stereocenters. The standard InChI is InChI=1S/C21H28N4O/c26-20(14-7-11-17-9-3-1-4-10-17)24-16-8-12-18(24)21-23-22-19-13-5-2-6-15-25(19)21/h1,3-4,9-10,18H,2,5-8,11-16H2/t18-/m0/s1. The number of nitrogens with zero attached hydrogens (tertiary/aromatic N) is 4. The lowest BCUT2D eigenvalue weighted by molar-refractivity contribution is -0.132. The van der Waals surface area contributed by atoms with Crippen LogP contribution in [0.3, 0.4) is 0 Å². The highest BCUT2D eigenvalue weighted by Crippen LogP contribution is 2.33. The quantitative estimate of drug-likeness (QED) is 0.824. The highest BCUT2D eigenvalue weighted by atomic mass is 16.2. The van der Waals surface area contributed by atoms with Crippen LogP contribution < -0.4 is 0 Å². The number of carbonyl (C=O) groups is 1. The normalized spacial score (nSPS) is 20.0. The van der Waals surface area contributed by atoms with Crippen molar-refractivity contribution < 1.29 is 4.79 Å². The fourth-order valence-corrected chi connectivity index (χ4v) is 4.32. The molecule has 138 valence electrons. The molecule has 0 bridgehead atoms. The van der Waals surface area contributed by atoms with Gasteiger partial charge in [-0.1, -0.05) is 36.8 Å². The minimum absolute atomic E-state index is 0.124. The largest absolute Gasteiger partial charge is 0.332 e. The molecule has 0 aliphatic carbocycles. The van der Waals surface area contributed by atoms with E-state index in [9.17, 15) is 4.79 Å². The Morgan fingerprint density at radius 1 is 1.04 bits per heavy atom. The molecular formula is C21H28N4O. The first kappa shape index (κ1) is 17.3. The van der Waals surface area contributed by atoms with Gasteiger partial charge in [0.25, 0.3) is 0 Å². The molecule has 0 spiro atoms. The Morgan fingerprint density at radius 3 is 2.81 bits per heavy atom. The fraction of sp³-hybridized carbons (Fsp3) is 0.571. The summed E-state index contributed by atoms with van der Waals surface area (Å²) in [4.78, 5) is 14.9. The van der Waals surface area contributed by atoms with Crippen LogP contribution in [0.4, 0.5) is 0 Å². The monoisotopic (exact) mass is 352 g/mol. The third-order valence-corrected chi connectivity index (χ3v) is 5.71. The Balaban J connectivity index is 1.40. The van der Waals surface area contributed by atoms with Crippen molar-refractivity contribution in [3.8, 4) is 0 Å². The van der Waals surface area contributed by atoms with Gasteiger partial charge in [-0.15, -0.1) is 10.2 Å². The SMILES string of the molecule is O=C(CCCc1ccccc1)N1CCC[C@H]1c1nnc2n1CCCCC2. The van der Waals surface area contributed by atoms with Crippen LogP contribution in [0.2, 0.25) is 0 Å². The molecule has 2 aliphatic heterocycles. The van der Waals surface area contributed by atoms with E-state index in [0.717, 1.165) is 56.8 Å². The second kappa shape index (κ2) is 8.02. The molecule has 0 saturated carbocycles. The second-order valence-corrected chi connectivity index (χ2v) is 7.52. The van der Waals surface area contributed by atoms with Crippen molar-refractivity contribution in [2.75, 3.05) is 6.54 Å². The predicted molar refractivity (Wildman–Crippen MR) is 101 cm³/mol. The molecule has 1 aromatic carbocycles. The number of fused-ring (bicyclic) bond motifs is 1. The summed E-state index contributed by atoms with van der Waals surface area (Å²) < 4.78 is 2.30. The van der Waals surface area contributed by atoms with Crippen LogP contribution in [0.25, 0.3) is 0 Å². The van der Waals surface area contributed by atoms with E-state index in [2.05, 4.69) is 43.9 Å². The van der Waals surface area contributed by atoms with Gasteiger partial charge < -0.3 is 9.47 Å². The molecule has 5 nitrogen and oxygen atoms in total. The number of rotatable bonds is 5. The van der Waals surface area contributed by atoms with Gasteiger partial charge in [-0.25, -0.2) is 0 Å². The Morgan fingerprint density at radius 2 is 1.92 bits per heavy atom. The van der Waals surface area contributed by atoms with Crippen molar-refractivity contribution in [2.24, 2.45) is 0 Å². The van der Waals surface area contributed by atoms with Crippen molar-refractivity contribution in [3.05, 3.63) is 47.5 Å². The zero-order chi connectivity index (χ0) is 17.8. The first-order valence-corrected chi connectivity index (χ1v) is 10.1. The van der Waals surface area contributed by atoms with Crippen molar-refractivity contribution in [2.45, 2.75) is 70.4 Å². The van der Waals surface area contributed by atoms with Crippen molar-refractivity contribution in [3.63, 3.8) is 0 Å². The highest BCUT2D eigenvalue weighted by molar-refractivity contribution is 5.76. The number of likely N-dealkylation sites (tertiary alicyclic amines) is 1. The third-order valence-electron chi connectivity index (χ3n) is 5.71. The van der Waals surface area contributed by atoms with Gasteiger partial charge in [0.1, 0.15) is 5.82 Å². The van der Waals surface area contributed by atoms with Crippen LogP contribution in [0, 0.1) is 0 Å². The Labute approximate surface area is 155 Å². The van der Waals surface area contributed by atoms with E-state index in [-0.39, 0.29) is 11.9 Å². The predicted octanol–water partition coefficient (Wildman–Crippen LogP) is 3.69. The lowest BCUT2D eigenvalue weighted by Crippen LogP contribution is -2.32. The van der Waals surface area contributed by atoms with E-state index in [1.54, 1.807) is 0 Å². The summed E-state index contributed by atoms with van der Waals surface area (Å²) in [6.45, 7) is 1.86. The maximum absolute atomic E-state index is 12.8. The lowest BCUT2D eigenvalue weighted by atomic mass is 10.1. The van der Waals surface area contributed by atoms with E-state index in [4.69, 9.17) is 0 Å². The van der Waals surface area contributed by atoms with Crippen LogP contribution in [-0.4, -0.2) is 32.1 Å². The molecule has 3 heterocycles. The van der Waals surface area contributed by atoms with Crippen LogP contribution in [0.5, 0.6) is 0 Å². The molecule has 1 amide bonds. The van der Waals surface area contributed by atoms with E-state index in [1.807, 2.05) is 6.07 Å². The van der Waals surface area contributed by atoms with Gasteiger partial charge in [0.2, 0.25) is 5.91 Å². The topological polar surface area (TPSA) is 51.0 Å². The molecule has 0 N–H and O–H groups in total. The number of aromatic nitrogens is 3. The van der Waals surface area contributed by atoms with Crippen molar-refractivity contribution >= 4 is 5.91 Å². The van der Waals surface area contributed by atoms with Crippen LogP contribution in [-0.2, 0) is 24.2 Å². The molecular weight excluding hydrogens is 324 g/mol. The van der Waals surface area contributed by atoms with E-state index in [1.165, 1.54) is 24.8 Å². The van der Waals surface area contributed by atoms with E-state index >= 15 is 0 Å². The summed E-state index contributed by atoms with van der Waals surface area (Å²) in [5, 5.41) is 8.93. The van der Waals surface area contributed by atoms with Crippen LogP contribution in [0.15, 0.2) is 30.3 Å². The lowest BCUT2D eigenvalue weighted by Gasteiger charge is -2.24. The zero-order valence-electron chi connectivity index (χ0n) is 15.4. The minimum atomic E-state index is 0.124. The molecule has 0 unspecified atom stereocenters. The molecule has 2 aliphatic rings. The van der Waals surface area contributed by atoms with E-state index < -0.39 is 0 Å². The average molecular weight is 352 g/mol. The Bertz CT molecular complexity index is 740. The van der Waals surface area contributed by atoms with Gasteiger partial charge >= 0.3 is 0 Å². The minimum Gasteiger partial charge on any atom is -0.332 e. The third kappa shape index (κ3) is 3.67. The number of aryl methyl sites for hydroxylation is 2. The summed E-state index contributed by atoms with van der Waals surface area (Å²) in [5.41, 5.74) is 1.31. The van der Waals surface area contributed by atoms with Crippen molar-refractivity contribution in [1.82, 2.24) is 19.7 Å². The molecule has 1 saturated heterocycles. The number of hydrogen-bond acceptors (Lipinski definition) is 3. The molecule has 2 aromatic rings. The van der Waals surface area contributed by atoms with Gasteiger partial charge in [-0.3, -0.25) is 4.79 Å². The maximum atomic E-state index is 12.8. The van der Waals surface area contributed by atoms with Gasteiger partial charge in [-0.2, -0.15) is 0 Å². The molecule has 1 fully saturated rings. The molecule has 1 aromatic heterocycles. The average Bonchev–Trinajstić information content (AvgIpc) is 3.23. The fourth-order valence-electron chi connectivity index (χ4n) is 4.32. The Hall–Kier alpha value is -2.17. The summed E-state index contributed by atoms with van der Waals surface area (Å²) in [6.07, 6.45) is 9.24. The van der Waals surface area contributed by atoms with Gasteiger partial charge in [-0.05, 0) is 44.1 Å². The van der Waals surface area contributed by atoms with E-state index in [0.29, 0.717) is 6.42 Å². The highest BCUT2D eigenvalue weighted by Gasteiger charge is 2.34. The zero-order valence-corrected chi connectivity index (χ0v) is 15.4. The summed E-state index contributed by atoms with van der Waals surface area (Å²) in [6, 6.07) is 10.5. The smallest absolute Gasteiger partial charge is 0.223 e. The summed E-state index contributed by atoms with van der Waals surface area (Å²) in [7, 11) is 0. The molecule has 5 heteroatoms. The number of benzene rings is 1. The second-order valence-electron chi connectivity index (χ2n) is 7.52. The number of amides is 1. The van der Waals surface area contributed by atoms with Crippen LogP contribution >= 0.6 is 0 Å². The van der Waals surface area contributed by atoms with Gasteiger partial charge in [0.05, 0.1) is 6.04 Å². The summed E-state index contributed by atoms with van der Waals surface area (Å²) >= 11 is 0. The molecule has 26 heavy (non-hydrogen) atoms. The summed E-state index contributed by atoms with van der Waals surface area (Å²) in [5.74, 6) is 2.41. The maximum Gasteiger partial charge on any atom is 0.223 e. The van der Waals surface area contributed by atoms with Gasteiger partial charge in [0.15, 0.2) is 5.82 Å². The Kier molecular flexibility index (Phi) is 5.32. The van der Waals surface area contributed by atoms with Crippen molar-refractivity contribution in [1.29, 1.82) is 0 Å². The molecule has 4 rings (SSSR count). The first-order chi connectivity index (χ1) is 12.8. The first-order valence-electron chi connectivity index (χ1n) is 10.1. The number of carbonyl (C=O) groups excluding carboxylic acids is 1. The van der Waals surface area contributed by atoms with Gasteiger partial charge in [0, 0.05) is 25.9 Å². The molecule has 0 radical (unpaired) electrons. The number of hydrogen-bond donors (Lipinski definition) is 0. The van der Waals surface area contributed by atoms with Crippen LogP contribution in [0.1, 0.15) is 68.2 Å².